The van der Waals surface area contributed by atoms with Crippen molar-refractivity contribution in [3.05, 3.63) is 66.2 Å². The Labute approximate surface area is 124 Å². The summed E-state index contributed by atoms with van der Waals surface area (Å²) in [5.74, 6) is 0. The van der Waals surface area contributed by atoms with Crippen LogP contribution in [0.15, 0.2) is 60.7 Å². The summed E-state index contributed by atoms with van der Waals surface area (Å²) in [7, 11) is 0. The highest BCUT2D eigenvalue weighted by Gasteiger charge is 2.35. The Morgan fingerprint density at radius 3 is 2.25 bits per heavy atom. The summed E-state index contributed by atoms with van der Waals surface area (Å²) in [5.41, 5.74) is 5.68. The summed E-state index contributed by atoms with van der Waals surface area (Å²) in [4.78, 5) is 0. The monoisotopic (exact) mass is 283 g/mol. The van der Waals surface area contributed by atoms with Crippen molar-refractivity contribution in [3.63, 3.8) is 0 Å². The second kappa shape index (κ2) is 5.51. The van der Waals surface area contributed by atoms with Gasteiger partial charge in [-0.15, -0.1) is 0 Å². The van der Waals surface area contributed by atoms with Gasteiger partial charge in [0.2, 0.25) is 0 Å². The third kappa shape index (κ3) is 2.47. The molecular formula is C16H17N3S. The summed E-state index contributed by atoms with van der Waals surface area (Å²) < 4.78 is 0. The van der Waals surface area contributed by atoms with Crippen LogP contribution in [0.25, 0.3) is 0 Å². The van der Waals surface area contributed by atoms with Gasteiger partial charge in [0, 0.05) is 0 Å². The predicted octanol–water partition coefficient (Wildman–Crippen LogP) is 3.33. The molecule has 1 aliphatic rings. The minimum atomic E-state index is 0.184. The van der Waals surface area contributed by atoms with Crippen LogP contribution >= 0.6 is 12.2 Å². The number of benzene rings is 2. The topological polar surface area (TPSA) is 27.3 Å². The molecule has 1 heterocycles. The molecular weight excluding hydrogens is 266 g/mol. The van der Waals surface area contributed by atoms with Crippen molar-refractivity contribution in [2.24, 2.45) is 0 Å². The highest BCUT2D eigenvalue weighted by molar-refractivity contribution is 7.80. The summed E-state index contributed by atoms with van der Waals surface area (Å²) in [6.45, 7) is 2.15. The third-order valence-electron chi connectivity index (χ3n) is 3.49. The van der Waals surface area contributed by atoms with Crippen molar-refractivity contribution in [2.45, 2.75) is 19.0 Å². The Morgan fingerprint density at radius 2 is 1.60 bits per heavy atom. The number of hydrazine groups is 1. The van der Waals surface area contributed by atoms with Gasteiger partial charge in [-0.3, -0.25) is 10.4 Å². The Hall–Kier alpha value is -2.07. The molecule has 4 heteroatoms. The van der Waals surface area contributed by atoms with E-state index in [1.807, 2.05) is 41.4 Å². The van der Waals surface area contributed by atoms with Crippen LogP contribution in [-0.2, 0) is 0 Å². The molecule has 3 nitrogen and oxygen atoms in total. The SMILES string of the molecule is CC1NC(=S)N(Nc2ccccc2)C1c1ccccc1. The Morgan fingerprint density at radius 1 is 1.00 bits per heavy atom. The Kier molecular flexibility index (Phi) is 3.56. The first-order valence-electron chi connectivity index (χ1n) is 6.72. The average Bonchev–Trinajstić information content (AvgIpc) is 2.75. The van der Waals surface area contributed by atoms with Crippen LogP contribution in [0.4, 0.5) is 5.69 Å². The molecule has 2 N–H and O–H groups in total. The predicted molar refractivity (Wildman–Crippen MR) is 86.3 cm³/mol. The van der Waals surface area contributed by atoms with E-state index in [1.165, 1.54) is 5.56 Å². The van der Waals surface area contributed by atoms with Crippen molar-refractivity contribution in [1.82, 2.24) is 10.3 Å². The van der Waals surface area contributed by atoms with Crippen LogP contribution in [0.1, 0.15) is 18.5 Å². The fraction of sp³-hybridized carbons (Fsp3) is 0.188. The van der Waals surface area contributed by atoms with Gasteiger partial charge in [-0.2, -0.15) is 0 Å². The summed E-state index contributed by atoms with van der Waals surface area (Å²) in [6.07, 6.45) is 0. The number of nitrogens with zero attached hydrogens (tertiary/aromatic N) is 1. The second-order valence-corrected chi connectivity index (χ2v) is 5.33. The maximum Gasteiger partial charge on any atom is 0.188 e. The fourth-order valence-electron chi connectivity index (χ4n) is 2.55. The maximum absolute atomic E-state index is 5.45. The van der Waals surface area contributed by atoms with Gasteiger partial charge in [-0.25, -0.2) is 0 Å². The standard InChI is InChI=1S/C16H17N3S/c1-12-15(13-8-4-2-5-9-13)19(16(20)17-12)18-14-10-6-3-7-11-14/h2-12,15,18H,1H3,(H,17,20). The molecule has 1 aliphatic heterocycles. The number of anilines is 1. The number of thiocarbonyl (C=S) groups is 1. The van der Waals surface area contributed by atoms with Gasteiger partial charge < -0.3 is 5.32 Å². The van der Waals surface area contributed by atoms with E-state index in [9.17, 15) is 0 Å². The van der Waals surface area contributed by atoms with Gasteiger partial charge in [0.05, 0.1) is 17.8 Å². The molecule has 0 saturated carbocycles. The van der Waals surface area contributed by atoms with Crippen LogP contribution in [-0.4, -0.2) is 16.2 Å². The molecule has 2 aromatic carbocycles. The quantitative estimate of drug-likeness (QED) is 0.845. The molecule has 0 spiro atoms. The van der Waals surface area contributed by atoms with Gasteiger partial charge in [0.15, 0.2) is 5.11 Å². The Balaban J connectivity index is 1.89. The molecule has 0 bridgehead atoms. The molecule has 1 fully saturated rings. The van der Waals surface area contributed by atoms with Gasteiger partial charge >= 0.3 is 0 Å². The Bertz CT molecular complexity index is 585. The van der Waals surface area contributed by atoms with E-state index in [2.05, 4.69) is 41.9 Å². The van der Waals surface area contributed by atoms with Gasteiger partial charge in [0.25, 0.3) is 0 Å². The lowest BCUT2D eigenvalue weighted by Gasteiger charge is -2.28. The largest absolute Gasteiger partial charge is 0.356 e. The first-order valence-corrected chi connectivity index (χ1v) is 7.13. The first kappa shape index (κ1) is 12.9. The number of rotatable bonds is 3. The van der Waals surface area contributed by atoms with E-state index in [0.717, 1.165) is 10.8 Å². The molecule has 2 aromatic rings. The molecule has 0 aliphatic carbocycles. The van der Waals surface area contributed by atoms with Crippen molar-refractivity contribution >= 4 is 23.0 Å². The van der Waals surface area contributed by atoms with Crippen LogP contribution in [0.5, 0.6) is 0 Å². The van der Waals surface area contributed by atoms with Crippen LogP contribution in [0.3, 0.4) is 0 Å². The summed E-state index contributed by atoms with van der Waals surface area (Å²) in [6, 6.07) is 21.0. The van der Waals surface area contributed by atoms with Crippen molar-refractivity contribution in [3.8, 4) is 0 Å². The van der Waals surface area contributed by atoms with E-state index < -0.39 is 0 Å². The van der Waals surface area contributed by atoms with Crippen LogP contribution in [0.2, 0.25) is 0 Å². The maximum atomic E-state index is 5.45. The summed E-state index contributed by atoms with van der Waals surface area (Å²) in [5, 5.41) is 6.09. The molecule has 2 unspecified atom stereocenters. The van der Waals surface area contributed by atoms with E-state index in [1.54, 1.807) is 0 Å². The average molecular weight is 283 g/mol. The zero-order valence-electron chi connectivity index (χ0n) is 11.3. The van der Waals surface area contributed by atoms with E-state index in [0.29, 0.717) is 0 Å². The van der Waals surface area contributed by atoms with E-state index in [-0.39, 0.29) is 12.1 Å². The summed E-state index contributed by atoms with van der Waals surface area (Å²) >= 11 is 5.45. The number of para-hydroxylation sites is 1. The molecule has 20 heavy (non-hydrogen) atoms. The van der Waals surface area contributed by atoms with Crippen LogP contribution < -0.4 is 10.7 Å². The lowest BCUT2D eigenvalue weighted by atomic mass is 10.0. The molecule has 3 rings (SSSR count). The molecule has 102 valence electrons. The van der Waals surface area contributed by atoms with Crippen molar-refractivity contribution in [1.29, 1.82) is 0 Å². The van der Waals surface area contributed by atoms with Gasteiger partial charge in [0.1, 0.15) is 0 Å². The molecule has 1 saturated heterocycles. The highest BCUT2D eigenvalue weighted by atomic mass is 32.1. The van der Waals surface area contributed by atoms with E-state index >= 15 is 0 Å². The van der Waals surface area contributed by atoms with Gasteiger partial charge in [-0.05, 0) is 36.8 Å². The van der Waals surface area contributed by atoms with Gasteiger partial charge in [-0.1, -0.05) is 48.5 Å². The zero-order chi connectivity index (χ0) is 13.9. The van der Waals surface area contributed by atoms with Crippen molar-refractivity contribution in [2.75, 3.05) is 5.43 Å². The zero-order valence-corrected chi connectivity index (χ0v) is 12.1. The lowest BCUT2D eigenvalue weighted by molar-refractivity contribution is 0.376. The van der Waals surface area contributed by atoms with Crippen LogP contribution in [0, 0.1) is 0 Å². The number of hydrogen-bond acceptors (Lipinski definition) is 2. The minimum absolute atomic E-state index is 0.184. The highest BCUT2D eigenvalue weighted by Crippen LogP contribution is 2.29. The van der Waals surface area contributed by atoms with E-state index in [4.69, 9.17) is 12.2 Å². The molecule has 0 aromatic heterocycles. The normalized spacial score (nSPS) is 21.6. The second-order valence-electron chi connectivity index (χ2n) is 4.94. The molecule has 0 amide bonds. The molecule has 2 atom stereocenters. The minimum Gasteiger partial charge on any atom is -0.356 e. The smallest absolute Gasteiger partial charge is 0.188 e. The fourth-order valence-corrected chi connectivity index (χ4v) is 2.90. The van der Waals surface area contributed by atoms with Crippen molar-refractivity contribution < 1.29 is 0 Å². The first-order chi connectivity index (χ1) is 9.75. The molecule has 0 radical (unpaired) electrons. The number of nitrogens with one attached hydrogen (secondary N) is 2. The third-order valence-corrected chi connectivity index (χ3v) is 3.80. The number of hydrogen-bond donors (Lipinski definition) is 2. The lowest BCUT2D eigenvalue weighted by Crippen LogP contribution is -2.35.